The van der Waals surface area contributed by atoms with Gasteiger partial charge in [-0.25, -0.2) is 4.98 Å². The molecule has 0 spiro atoms. The van der Waals surface area contributed by atoms with Crippen LogP contribution in [0.15, 0.2) is 12.1 Å². The highest BCUT2D eigenvalue weighted by molar-refractivity contribution is 6.33. The Morgan fingerprint density at radius 2 is 2.15 bits per heavy atom. The number of aromatic nitrogens is 1. The zero-order valence-electron chi connectivity index (χ0n) is 11.8. The standard InChI is InChI=1S/C14H20ClN3O2/c1-16-12-8-7-9(15)13(17-12)14(20)18(2)10-5-3-4-6-11(10)19/h7-8,10-11,19H,3-6H2,1-2H3,(H,16,17). The Labute approximate surface area is 123 Å². The molecule has 2 unspecified atom stereocenters. The molecule has 6 heteroatoms. The Morgan fingerprint density at radius 1 is 1.45 bits per heavy atom. The van der Waals surface area contributed by atoms with Crippen LogP contribution in [0.2, 0.25) is 5.02 Å². The predicted octanol–water partition coefficient (Wildman–Crippen LogP) is 2.15. The molecule has 2 atom stereocenters. The Hall–Kier alpha value is -1.33. The van der Waals surface area contributed by atoms with Gasteiger partial charge in [0.25, 0.3) is 5.91 Å². The predicted molar refractivity (Wildman–Crippen MR) is 79.2 cm³/mol. The summed E-state index contributed by atoms with van der Waals surface area (Å²) in [6, 6.07) is 3.21. The van der Waals surface area contributed by atoms with Crippen LogP contribution in [0.25, 0.3) is 0 Å². The monoisotopic (exact) mass is 297 g/mol. The minimum absolute atomic E-state index is 0.160. The Bertz CT molecular complexity index is 495. The van der Waals surface area contributed by atoms with Crippen molar-refractivity contribution < 1.29 is 9.90 Å². The van der Waals surface area contributed by atoms with Gasteiger partial charge >= 0.3 is 0 Å². The first-order chi connectivity index (χ1) is 9.54. The molecule has 1 aromatic heterocycles. The summed E-state index contributed by atoms with van der Waals surface area (Å²) < 4.78 is 0. The fraction of sp³-hybridized carbons (Fsp3) is 0.571. The molecule has 5 nitrogen and oxygen atoms in total. The molecule has 2 rings (SSSR count). The molecule has 1 amide bonds. The fourth-order valence-electron chi connectivity index (χ4n) is 2.59. The van der Waals surface area contributed by atoms with Gasteiger partial charge in [0, 0.05) is 14.1 Å². The van der Waals surface area contributed by atoms with E-state index in [1.54, 1.807) is 31.1 Å². The van der Waals surface area contributed by atoms with Crippen molar-refractivity contribution in [1.82, 2.24) is 9.88 Å². The highest BCUT2D eigenvalue weighted by Gasteiger charge is 2.31. The lowest BCUT2D eigenvalue weighted by Gasteiger charge is -2.35. The van der Waals surface area contributed by atoms with E-state index in [0.717, 1.165) is 25.7 Å². The third kappa shape index (κ3) is 3.04. The zero-order valence-corrected chi connectivity index (χ0v) is 12.5. The maximum absolute atomic E-state index is 12.5. The van der Waals surface area contributed by atoms with Gasteiger partial charge < -0.3 is 15.3 Å². The van der Waals surface area contributed by atoms with Crippen LogP contribution in [-0.4, -0.2) is 47.1 Å². The van der Waals surface area contributed by atoms with Gasteiger partial charge in [-0.3, -0.25) is 4.79 Å². The van der Waals surface area contributed by atoms with Gasteiger partial charge in [0.05, 0.1) is 17.2 Å². The normalized spacial score (nSPS) is 22.4. The van der Waals surface area contributed by atoms with Crippen LogP contribution < -0.4 is 5.32 Å². The largest absolute Gasteiger partial charge is 0.391 e. The number of pyridine rings is 1. The van der Waals surface area contributed by atoms with Gasteiger partial charge in [-0.15, -0.1) is 0 Å². The molecule has 0 bridgehead atoms. The van der Waals surface area contributed by atoms with Crippen molar-refractivity contribution in [1.29, 1.82) is 0 Å². The Kier molecular flexibility index (Phi) is 4.83. The van der Waals surface area contributed by atoms with Crippen molar-refractivity contribution in [3.05, 3.63) is 22.8 Å². The average molecular weight is 298 g/mol. The molecule has 110 valence electrons. The van der Waals surface area contributed by atoms with E-state index in [4.69, 9.17) is 11.6 Å². The van der Waals surface area contributed by atoms with Gasteiger partial charge in [0.2, 0.25) is 0 Å². The van der Waals surface area contributed by atoms with Crippen LogP contribution >= 0.6 is 11.6 Å². The molecule has 0 saturated heterocycles. The van der Waals surface area contributed by atoms with Crippen LogP contribution in [0.1, 0.15) is 36.2 Å². The van der Waals surface area contributed by atoms with E-state index in [-0.39, 0.29) is 17.6 Å². The van der Waals surface area contributed by atoms with Crippen molar-refractivity contribution >= 4 is 23.3 Å². The molecule has 1 aromatic rings. The minimum Gasteiger partial charge on any atom is -0.391 e. The molecule has 0 aliphatic heterocycles. The second-order valence-corrected chi connectivity index (χ2v) is 5.52. The number of carbonyl (C=O) groups excluding carboxylic acids is 1. The maximum Gasteiger partial charge on any atom is 0.274 e. The Balaban J connectivity index is 2.21. The van der Waals surface area contributed by atoms with Crippen LogP contribution in [0.3, 0.4) is 0 Å². The molecule has 1 aliphatic carbocycles. The number of nitrogens with zero attached hydrogens (tertiary/aromatic N) is 2. The maximum atomic E-state index is 12.5. The highest BCUT2D eigenvalue weighted by atomic mass is 35.5. The van der Waals surface area contributed by atoms with E-state index in [1.807, 2.05) is 0 Å². The molecule has 0 aromatic carbocycles. The molecular formula is C14H20ClN3O2. The molecule has 1 aliphatic rings. The van der Waals surface area contributed by atoms with Crippen LogP contribution in [0, 0.1) is 0 Å². The summed E-state index contributed by atoms with van der Waals surface area (Å²) in [6.45, 7) is 0. The van der Waals surface area contributed by atoms with Crippen LogP contribution in [0.4, 0.5) is 5.82 Å². The third-order valence-electron chi connectivity index (χ3n) is 3.82. The van der Waals surface area contributed by atoms with Gasteiger partial charge in [0.15, 0.2) is 0 Å². The van der Waals surface area contributed by atoms with E-state index < -0.39 is 6.10 Å². The SMILES string of the molecule is CNc1ccc(Cl)c(C(=O)N(C)C2CCCCC2O)n1. The summed E-state index contributed by atoms with van der Waals surface area (Å²) in [5.41, 5.74) is 0.221. The molecule has 1 heterocycles. The van der Waals surface area contributed by atoms with Gasteiger partial charge in [0.1, 0.15) is 11.5 Å². The first-order valence-electron chi connectivity index (χ1n) is 6.84. The number of hydrogen-bond acceptors (Lipinski definition) is 4. The number of halogens is 1. The minimum atomic E-state index is -0.469. The van der Waals surface area contributed by atoms with Crippen molar-refractivity contribution in [2.45, 2.75) is 37.8 Å². The number of carbonyl (C=O) groups is 1. The zero-order chi connectivity index (χ0) is 14.7. The number of nitrogens with one attached hydrogen (secondary N) is 1. The lowest BCUT2D eigenvalue weighted by molar-refractivity contribution is 0.0264. The van der Waals surface area contributed by atoms with Crippen molar-refractivity contribution in [3.8, 4) is 0 Å². The summed E-state index contributed by atoms with van der Waals surface area (Å²) >= 11 is 6.07. The lowest BCUT2D eigenvalue weighted by atomic mass is 9.91. The number of aliphatic hydroxyl groups excluding tert-OH is 1. The summed E-state index contributed by atoms with van der Waals surface area (Å²) in [7, 11) is 3.44. The van der Waals surface area contributed by atoms with E-state index >= 15 is 0 Å². The van der Waals surface area contributed by atoms with Gasteiger partial charge in [-0.2, -0.15) is 0 Å². The van der Waals surface area contributed by atoms with Crippen molar-refractivity contribution in [2.75, 3.05) is 19.4 Å². The number of hydrogen-bond donors (Lipinski definition) is 2. The summed E-state index contributed by atoms with van der Waals surface area (Å²) in [6.07, 6.45) is 3.11. The van der Waals surface area contributed by atoms with Crippen LogP contribution in [0.5, 0.6) is 0 Å². The summed E-state index contributed by atoms with van der Waals surface area (Å²) in [5, 5.41) is 13.3. The average Bonchev–Trinajstić information content (AvgIpc) is 2.47. The molecule has 2 N–H and O–H groups in total. The number of amides is 1. The lowest BCUT2D eigenvalue weighted by Crippen LogP contribution is -2.46. The first kappa shape index (κ1) is 15.1. The molecule has 1 fully saturated rings. The smallest absolute Gasteiger partial charge is 0.274 e. The first-order valence-corrected chi connectivity index (χ1v) is 7.22. The summed E-state index contributed by atoms with van der Waals surface area (Å²) in [5.74, 6) is 0.341. The third-order valence-corrected chi connectivity index (χ3v) is 4.12. The van der Waals surface area contributed by atoms with Crippen molar-refractivity contribution in [3.63, 3.8) is 0 Å². The second-order valence-electron chi connectivity index (χ2n) is 5.11. The van der Waals surface area contributed by atoms with Crippen LogP contribution in [-0.2, 0) is 0 Å². The number of likely N-dealkylation sites (N-methyl/N-ethyl adjacent to an activating group) is 1. The molecule has 0 radical (unpaired) electrons. The van der Waals surface area contributed by atoms with E-state index in [9.17, 15) is 9.90 Å². The summed E-state index contributed by atoms with van der Waals surface area (Å²) in [4.78, 5) is 18.3. The van der Waals surface area contributed by atoms with Gasteiger partial charge in [-0.1, -0.05) is 24.4 Å². The second kappa shape index (κ2) is 6.41. The van der Waals surface area contributed by atoms with E-state index in [2.05, 4.69) is 10.3 Å². The number of aliphatic hydroxyl groups is 1. The highest BCUT2D eigenvalue weighted by Crippen LogP contribution is 2.25. The molecule has 1 saturated carbocycles. The van der Waals surface area contributed by atoms with E-state index in [0.29, 0.717) is 10.8 Å². The van der Waals surface area contributed by atoms with E-state index in [1.165, 1.54) is 0 Å². The molecular weight excluding hydrogens is 278 g/mol. The number of rotatable bonds is 3. The van der Waals surface area contributed by atoms with Gasteiger partial charge in [-0.05, 0) is 25.0 Å². The van der Waals surface area contributed by atoms with Crippen molar-refractivity contribution in [2.24, 2.45) is 0 Å². The number of anilines is 1. The topological polar surface area (TPSA) is 65.5 Å². The quantitative estimate of drug-likeness (QED) is 0.897. The fourth-order valence-corrected chi connectivity index (χ4v) is 2.78. The molecule has 20 heavy (non-hydrogen) atoms. The Morgan fingerprint density at radius 3 is 2.80 bits per heavy atom.